The largest absolute Gasteiger partial charge is 0.323 e. The molecule has 3 rings (SSSR count). The highest BCUT2D eigenvalue weighted by molar-refractivity contribution is 6.30. The van der Waals surface area contributed by atoms with Gasteiger partial charge in [-0.1, -0.05) is 35.9 Å². The summed E-state index contributed by atoms with van der Waals surface area (Å²) in [5, 5.41) is 3.56. The molecular formula is C20H21ClN2O. The van der Waals surface area contributed by atoms with E-state index in [1.165, 1.54) is 37.6 Å². The van der Waals surface area contributed by atoms with Crippen LogP contribution in [-0.4, -0.2) is 23.9 Å². The van der Waals surface area contributed by atoms with Crippen molar-refractivity contribution in [2.75, 3.05) is 18.4 Å². The van der Waals surface area contributed by atoms with Gasteiger partial charge in [-0.15, -0.1) is 0 Å². The third-order valence-electron chi connectivity index (χ3n) is 4.12. The monoisotopic (exact) mass is 340 g/mol. The zero-order valence-electron chi connectivity index (χ0n) is 13.5. The number of rotatable bonds is 5. The number of carbonyl (C=O) groups is 1. The molecule has 0 aliphatic carbocycles. The molecule has 0 unspecified atom stereocenters. The number of benzene rings is 2. The quantitative estimate of drug-likeness (QED) is 0.807. The van der Waals surface area contributed by atoms with Crippen molar-refractivity contribution in [3.05, 3.63) is 70.8 Å². The number of carbonyl (C=O) groups excluding carboxylic acids is 1. The minimum Gasteiger partial charge on any atom is -0.323 e. The van der Waals surface area contributed by atoms with Gasteiger partial charge in [-0.25, -0.2) is 0 Å². The van der Waals surface area contributed by atoms with E-state index in [0.717, 1.165) is 17.8 Å². The van der Waals surface area contributed by atoms with E-state index in [1.807, 2.05) is 24.3 Å². The van der Waals surface area contributed by atoms with Crippen molar-refractivity contribution in [1.29, 1.82) is 0 Å². The Balaban J connectivity index is 1.53. The molecule has 24 heavy (non-hydrogen) atoms. The number of amides is 1. The van der Waals surface area contributed by atoms with Crippen molar-refractivity contribution in [3.8, 4) is 0 Å². The summed E-state index contributed by atoms with van der Waals surface area (Å²) in [4.78, 5) is 14.4. The summed E-state index contributed by atoms with van der Waals surface area (Å²) in [5.74, 6) is -0.141. The van der Waals surface area contributed by atoms with Gasteiger partial charge in [-0.2, -0.15) is 0 Å². The smallest absolute Gasteiger partial charge is 0.248 e. The maximum Gasteiger partial charge on any atom is 0.248 e. The fraction of sp³-hybridized carbons (Fsp3) is 0.250. The minimum absolute atomic E-state index is 0.141. The van der Waals surface area contributed by atoms with Crippen molar-refractivity contribution < 1.29 is 4.79 Å². The fourth-order valence-electron chi connectivity index (χ4n) is 2.82. The van der Waals surface area contributed by atoms with Crippen LogP contribution in [0.1, 0.15) is 24.0 Å². The van der Waals surface area contributed by atoms with Crippen molar-refractivity contribution in [2.45, 2.75) is 19.4 Å². The van der Waals surface area contributed by atoms with Crippen LogP contribution in [0.5, 0.6) is 0 Å². The molecule has 0 spiro atoms. The molecule has 1 fully saturated rings. The van der Waals surface area contributed by atoms with E-state index in [2.05, 4.69) is 22.3 Å². The van der Waals surface area contributed by atoms with Gasteiger partial charge in [0.2, 0.25) is 5.91 Å². The molecular weight excluding hydrogens is 320 g/mol. The molecule has 4 heteroatoms. The molecule has 1 N–H and O–H groups in total. The Hall–Kier alpha value is -2.10. The van der Waals surface area contributed by atoms with E-state index in [0.29, 0.717) is 5.02 Å². The second-order valence-electron chi connectivity index (χ2n) is 6.05. The first-order valence-electron chi connectivity index (χ1n) is 8.25. The molecule has 0 saturated carbocycles. The van der Waals surface area contributed by atoms with Crippen LogP contribution >= 0.6 is 11.6 Å². The van der Waals surface area contributed by atoms with Gasteiger partial charge in [-0.05, 0) is 67.4 Å². The molecule has 124 valence electrons. The Morgan fingerprint density at radius 2 is 1.71 bits per heavy atom. The van der Waals surface area contributed by atoms with Gasteiger partial charge in [0.05, 0.1) is 0 Å². The maximum atomic E-state index is 12.0. The highest BCUT2D eigenvalue weighted by atomic mass is 35.5. The van der Waals surface area contributed by atoms with Gasteiger partial charge in [0.15, 0.2) is 0 Å². The van der Waals surface area contributed by atoms with Crippen LogP contribution in [0.15, 0.2) is 54.6 Å². The topological polar surface area (TPSA) is 32.3 Å². The summed E-state index contributed by atoms with van der Waals surface area (Å²) in [6, 6.07) is 15.4. The summed E-state index contributed by atoms with van der Waals surface area (Å²) in [6.07, 6.45) is 5.90. The second kappa shape index (κ2) is 8.13. The third-order valence-corrected chi connectivity index (χ3v) is 4.38. The second-order valence-corrected chi connectivity index (χ2v) is 6.49. The predicted octanol–water partition coefficient (Wildman–Crippen LogP) is 4.59. The van der Waals surface area contributed by atoms with Crippen molar-refractivity contribution >= 4 is 29.3 Å². The van der Waals surface area contributed by atoms with Gasteiger partial charge in [0.25, 0.3) is 0 Å². The number of nitrogens with zero attached hydrogens (tertiary/aromatic N) is 1. The zero-order chi connectivity index (χ0) is 16.8. The number of hydrogen-bond acceptors (Lipinski definition) is 2. The molecule has 2 aromatic carbocycles. The predicted molar refractivity (Wildman–Crippen MR) is 100 cm³/mol. The lowest BCUT2D eigenvalue weighted by molar-refractivity contribution is -0.111. The minimum atomic E-state index is -0.141. The van der Waals surface area contributed by atoms with Gasteiger partial charge in [0.1, 0.15) is 0 Å². The van der Waals surface area contributed by atoms with Crippen LogP contribution in [0.3, 0.4) is 0 Å². The Bertz CT molecular complexity index is 701. The number of halogens is 1. The van der Waals surface area contributed by atoms with Crippen LogP contribution in [0.4, 0.5) is 5.69 Å². The van der Waals surface area contributed by atoms with Crippen LogP contribution in [0.2, 0.25) is 5.02 Å². The molecule has 1 aliphatic rings. The average molecular weight is 341 g/mol. The van der Waals surface area contributed by atoms with Gasteiger partial charge >= 0.3 is 0 Å². The Morgan fingerprint density at radius 3 is 2.38 bits per heavy atom. The molecule has 0 bridgehead atoms. The molecule has 0 aromatic heterocycles. The molecule has 1 amide bonds. The van der Waals surface area contributed by atoms with Gasteiger partial charge < -0.3 is 5.32 Å². The molecule has 1 aliphatic heterocycles. The van der Waals surface area contributed by atoms with Gasteiger partial charge in [-0.3, -0.25) is 9.69 Å². The van der Waals surface area contributed by atoms with E-state index in [9.17, 15) is 4.79 Å². The first-order chi connectivity index (χ1) is 11.7. The number of nitrogens with one attached hydrogen (secondary N) is 1. The molecule has 1 saturated heterocycles. The Kier molecular flexibility index (Phi) is 5.68. The number of likely N-dealkylation sites (tertiary alicyclic amines) is 1. The van der Waals surface area contributed by atoms with E-state index in [4.69, 9.17) is 11.6 Å². The molecule has 2 aromatic rings. The zero-order valence-corrected chi connectivity index (χ0v) is 14.3. The van der Waals surface area contributed by atoms with E-state index < -0.39 is 0 Å². The van der Waals surface area contributed by atoms with Crippen molar-refractivity contribution in [2.24, 2.45) is 0 Å². The van der Waals surface area contributed by atoms with E-state index in [-0.39, 0.29) is 5.91 Å². The highest BCUT2D eigenvalue weighted by Gasteiger charge is 2.11. The summed E-state index contributed by atoms with van der Waals surface area (Å²) in [5.41, 5.74) is 3.04. The Morgan fingerprint density at radius 1 is 1.04 bits per heavy atom. The third kappa shape index (κ3) is 4.95. The lowest BCUT2D eigenvalue weighted by Crippen LogP contribution is -2.18. The van der Waals surface area contributed by atoms with Crippen molar-refractivity contribution in [1.82, 2.24) is 4.90 Å². The normalized spacial score (nSPS) is 15.0. The summed E-state index contributed by atoms with van der Waals surface area (Å²) >= 11 is 5.84. The SMILES string of the molecule is O=C(C=Cc1ccc(Cl)cc1)Nc1ccc(CN2CCCC2)cc1. The van der Waals surface area contributed by atoms with Crippen LogP contribution < -0.4 is 5.32 Å². The van der Waals surface area contributed by atoms with Crippen LogP contribution in [0.25, 0.3) is 6.08 Å². The van der Waals surface area contributed by atoms with Gasteiger partial charge in [0, 0.05) is 23.3 Å². The molecule has 3 nitrogen and oxygen atoms in total. The lowest BCUT2D eigenvalue weighted by atomic mass is 10.2. The Labute approximate surface area is 147 Å². The highest BCUT2D eigenvalue weighted by Crippen LogP contribution is 2.15. The first kappa shape index (κ1) is 16.7. The van der Waals surface area contributed by atoms with Crippen LogP contribution in [0, 0.1) is 0 Å². The summed E-state index contributed by atoms with van der Waals surface area (Å²) in [6.45, 7) is 3.37. The summed E-state index contributed by atoms with van der Waals surface area (Å²) in [7, 11) is 0. The maximum absolute atomic E-state index is 12.0. The molecule has 0 radical (unpaired) electrons. The number of anilines is 1. The fourth-order valence-corrected chi connectivity index (χ4v) is 2.95. The summed E-state index contributed by atoms with van der Waals surface area (Å²) < 4.78 is 0. The molecule has 0 atom stereocenters. The number of hydrogen-bond donors (Lipinski definition) is 1. The van der Waals surface area contributed by atoms with E-state index in [1.54, 1.807) is 18.2 Å². The van der Waals surface area contributed by atoms with Crippen LogP contribution in [-0.2, 0) is 11.3 Å². The molecule has 1 heterocycles. The lowest BCUT2D eigenvalue weighted by Gasteiger charge is -2.14. The average Bonchev–Trinajstić information content (AvgIpc) is 3.09. The first-order valence-corrected chi connectivity index (χ1v) is 8.63. The standard InChI is InChI=1S/C20H21ClN2O/c21-18-8-3-16(4-9-18)7-12-20(24)22-19-10-5-17(6-11-19)15-23-13-1-2-14-23/h3-12H,1-2,13-15H2,(H,22,24). The van der Waals surface area contributed by atoms with E-state index >= 15 is 0 Å². The van der Waals surface area contributed by atoms with Crippen molar-refractivity contribution in [3.63, 3.8) is 0 Å².